The first-order chi connectivity index (χ1) is 9.02. The fraction of sp³-hybridized carbons (Fsp3) is 0.273. The molecule has 0 aliphatic carbocycles. The summed E-state index contributed by atoms with van der Waals surface area (Å²) in [5.41, 5.74) is 1.16. The smallest absolute Gasteiger partial charge is 0.411 e. The summed E-state index contributed by atoms with van der Waals surface area (Å²) in [7, 11) is 1.72. The van der Waals surface area contributed by atoms with Crippen molar-refractivity contribution in [1.82, 2.24) is 9.55 Å². The Morgan fingerprint density at radius 3 is 2.95 bits per heavy atom. The van der Waals surface area contributed by atoms with E-state index in [2.05, 4.69) is 10.3 Å². The van der Waals surface area contributed by atoms with Crippen molar-refractivity contribution in [1.29, 1.82) is 0 Å². The molecule has 2 aromatic rings. The van der Waals surface area contributed by atoms with Gasteiger partial charge in [0.05, 0.1) is 29.1 Å². The van der Waals surface area contributed by atoms with E-state index in [4.69, 9.17) is 4.74 Å². The highest BCUT2D eigenvalue weighted by molar-refractivity contribution is 5.98. The number of benzene rings is 1. The second-order valence-corrected chi connectivity index (χ2v) is 3.82. The van der Waals surface area contributed by atoms with E-state index in [9.17, 15) is 14.9 Å². The molecule has 0 unspecified atom stereocenters. The maximum absolute atomic E-state index is 11.4. The number of non-ortho nitro benzene ring substituents is 1. The maximum atomic E-state index is 11.4. The Balaban J connectivity index is 2.51. The molecular weight excluding hydrogens is 252 g/mol. The molecule has 0 saturated carbocycles. The average Bonchev–Trinajstić information content (AvgIpc) is 2.72. The monoisotopic (exact) mass is 264 g/mol. The Bertz CT molecular complexity index is 649. The molecule has 1 heterocycles. The highest BCUT2D eigenvalue weighted by Crippen LogP contribution is 2.28. The van der Waals surface area contributed by atoms with Gasteiger partial charge in [-0.25, -0.2) is 9.78 Å². The van der Waals surface area contributed by atoms with Gasteiger partial charge in [-0.05, 0) is 6.92 Å². The number of nitro benzene ring substituents is 1. The molecule has 8 heteroatoms. The number of nitrogens with zero attached hydrogens (tertiary/aromatic N) is 3. The number of imidazole rings is 1. The van der Waals surface area contributed by atoms with Crippen molar-refractivity contribution in [3.8, 4) is 0 Å². The number of fused-ring (bicyclic) bond motifs is 1. The normalized spacial score (nSPS) is 10.4. The van der Waals surface area contributed by atoms with Gasteiger partial charge in [-0.3, -0.25) is 15.4 Å². The molecule has 0 aliphatic heterocycles. The van der Waals surface area contributed by atoms with Gasteiger partial charge in [0.1, 0.15) is 5.52 Å². The number of amides is 1. The lowest BCUT2D eigenvalue weighted by atomic mass is 10.2. The number of aromatic nitrogens is 2. The van der Waals surface area contributed by atoms with Crippen LogP contribution in [0.3, 0.4) is 0 Å². The minimum atomic E-state index is -0.671. The largest absolute Gasteiger partial charge is 0.450 e. The van der Waals surface area contributed by atoms with Gasteiger partial charge >= 0.3 is 6.09 Å². The fourth-order valence-corrected chi connectivity index (χ4v) is 1.69. The van der Waals surface area contributed by atoms with Crippen molar-refractivity contribution >= 4 is 28.5 Å². The van der Waals surface area contributed by atoms with E-state index in [0.717, 1.165) is 0 Å². The number of carbonyl (C=O) groups excluding carboxylic acids is 1. The number of hydrogen-bond acceptors (Lipinski definition) is 5. The molecule has 1 aromatic carbocycles. The summed E-state index contributed by atoms with van der Waals surface area (Å²) < 4.78 is 6.38. The number of nitro groups is 1. The van der Waals surface area contributed by atoms with Crippen LogP contribution in [0.5, 0.6) is 0 Å². The summed E-state index contributed by atoms with van der Waals surface area (Å²) in [6.45, 7) is 1.88. The molecule has 19 heavy (non-hydrogen) atoms. The molecule has 2 rings (SSSR count). The van der Waals surface area contributed by atoms with Crippen LogP contribution in [0.2, 0.25) is 0 Å². The lowest BCUT2D eigenvalue weighted by Gasteiger charge is -2.06. The van der Waals surface area contributed by atoms with E-state index >= 15 is 0 Å². The minimum Gasteiger partial charge on any atom is -0.450 e. The van der Waals surface area contributed by atoms with Crippen LogP contribution in [-0.2, 0) is 11.8 Å². The quantitative estimate of drug-likeness (QED) is 0.675. The van der Waals surface area contributed by atoms with E-state index in [0.29, 0.717) is 11.0 Å². The molecule has 1 aromatic heterocycles. The van der Waals surface area contributed by atoms with Crippen LogP contribution in [0.25, 0.3) is 11.0 Å². The number of rotatable bonds is 3. The summed E-state index contributed by atoms with van der Waals surface area (Å²) in [4.78, 5) is 25.9. The molecular formula is C11H12N4O4. The molecule has 0 atom stereocenters. The third kappa shape index (κ3) is 2.46. The standard InChI is InChI=1S/C11H12N4O4/c1-3-19-11(16)13-8-4-7(15(17)18)5-9-10(8)12-6-14(9)2/h4-6H,3H2,1-2H3,(H,13,16). The van der Waals surface area contributed by atoms with Crippen LogP contribution in [0, 0.1) is 10.1 Å². The first-order valence-corrected chi connectivity index (χ1v) is 5.56. The van der Waals surface area contributed by atoms with Crippen molar-refractivity contribution in [2.24, 2.45) is 7.05 Å². The number of aryl methyl sites for hydroxylation is 1. The molecule has 0 radical (unpaired) electrons. The van der Waals surface area contributed by atoms with E-state index in [1.165, 1.54) is 18.5 Å². The zero-order valence-corrected chi connectivity index (χ0v) is 10.4. The average molecular weight is 264 g/mol. The highest BCUT2D eigenvalue weighted by atomic mass is 16.6. The predicted octanol–water partition coefficient (Wildman–Crippen LogP) is 2.05. The predicted molar refractivity (Wildman–Crippen MR) is 68.0 cm³/mol. The highest BCUT2D eigenvalue weighted by Gasteiger charge is 2.16. The molecule has 0 saturated heterocycles. The van der Waals surface area contributed by atoms with Gasteiger partial charge in [-0.1, -0.05) is 0 Å². The molecule has 0 spiro atoms. The molecule has 8 nitrogen and oxygen atoms in total. The van der Waals surface area contributed by atoms with Crippen molar-refractivity contribution in [3.05, 3.63) is 28.6 Å². The maximum Gasteiger partial charge on any atom is 0.411 e. The van der Waals surface area contributed by atoms with Crippen LogP contribution in [-0.4, -0.2) is 27.2 Å². The topological polar surface area (TPSA) is 99.3 Å². The fourth-order valence-electron chi connectivity index (χ4n) is 1.69. The zero-order valence-electron chi connectivity index (χ0n) is 10.4. The summed E-state index contributed by atoms with van der Waals surface area (Å²) in [5.74, 6) is 0. The van der Waals surface area contributed by atoms with Gasteiger partial charge in [0.15, 0.2) is 0 Å². The third-order valence-corrected chi connectivity index (χ3v) is 2.54. The molecule has 1 N–H and O–H groups in total. The number of carbonyl (C=O) groups is 1. The van der Waals surface area contributed by atoms with Crippen molar-refractivity contribution in [2.45, 2.75) is 6.92 Å². The lowest BCUT2D eigenvalue weighted by molar-refractivity contribution is -0.384. The SMILES string of the molecule is CCOC(=O)Nc1cc([N+](=O)[O-])cc2c1ncn2C. The molecule has 0 fully saturated rings. The van der Waals surface area contributed by atoms with Crippen molar-refractivity contribution < 1.29 is 14.5 Å². The van der Waals surface area contributed by atoms with Crippen LogP contribution in [0.1, 0.15) is 6.92 Å². The summed E-state index contributed by atoms with van der Waals surface area (Å²) >= 11 is 0. The van der Waals surface area contributed by atoms with Crippen molar-refractivity contribution in [3.63, 3.8) is 0 Å². The van der Waals surface area contributed by atoms with Gasteiger partial charge in [0.2, 0.25) is 0 Å². The Kier molecular flexibility index (Phi) is 3.32. The van der Waals surface area contributed by atoms with Crippen molar-refractivity contribution in [2.75, 3.05) is 11.9 Å². The van der Waals surface area contributed by atoms with Crippen LogP contribution < -0.4 is 5.32 Å². The van der Waals surface area contributed by atoms with Gasteiger partial charge in [0.25, 0.3) is 5.69 Å². The summed E-state index contributed by atoms with van der Waals surface area (Å²) in [6.07, 6.45) is 0.847. The number of anilines is 1. The molecule has 100 valence electrons. The lowest BCUT2D eigenvalue weighted by Crippen LogP contribution is -2.13. The summed E-state index contributed by atoms with van der Waals surface area (Å²) in [5, 5.41) is 13.3. The summed E-state index contributed by atoms with van der Waals surface area (Å²) in [6, 6.07) is 2.66. The molecule has 0 bridgehead atoms. The van der Waals surface area contributed by atoms with Gasteiger partial charge in [-0.15, -0.1) is 0 Å². The van der Waals surface area contributed by atoms with E-state index < -0.39 is 11.0 Å². The van der Waals surface area contributed by atoms with Gasteiger partial charge in [0, 0.05) is 19.2 Å². The first-order valence-electron chi connectivity index (χ1n) is 5.56. The Labute approximate surface area is 108 Å². The Hall–Kier alpha value is -2.64. The third-order valence-electron chi connectivity index (χ3n) is 2.54. The van der Waals surface area contributed by atoms with E-state index in [1.807, 2.05) is 0 Å². The van der Waals surface area contributed by atoms with E-state index in [-0.39, 0.29) is 18.0 Å². The number of hydrogen-bond donors (Lipinski definition) is 1. The Morgan fingerprint density at radius 1 is 1.58 bits per heavy atom. The Morgan fingerprint density at radius 2 is 2.32 bits per heavy atom. The van der Waals surface area contributed by atoms with E-state index in [1.54, 1.807) is 18.5 Å². The van der Waals surface area contributed by atoms with Crippen LogP contribution in [0.15, 0.2) is 18.5 Å². The first kappa shape index (κ1) is 12.8. The second-order valence-electron chi connectivity index (χ2n) is 3.82. The van der Waals surface area contributed by atoms with Crippen LogP contribution >= 0.6 is 0 Å². The minimum absolute atomic E-state index is 0.122. The zero-order chi connectivity index (χ0) is 14.0. The van der Waals surface area contributed by atoms with Gasteiger partial charge in [-0.2, -0.15) is 0 Å². The number of nitrogens with one attached hydrogen (secondary N) is 1. The van der Waals surface area contributed by atoms with Crippen LogP contribution in [0.4, 0.5) is 16.2 Å². The number of ether oxygens (including phenoxy) is 1. The molecule has 0 aliphatic rings. The second kappa shape index (κ2) is 4.92. The van der Waals surface area contributed by atoms with Gasteiger partial charge < -0.3 is 9.30 Å². The molecule has 1 amide bonds.